The number of non-ortho nitro benzene ring substituents is 1. The van der Waals surface area contributed by atoms with E-state index in [1.165, 1.54) is 19.2 Å². The fourth-order valence-corrected chi connectivity index (χ4v) is 2.07. The van der Waals surface area contributed by atoms with Gasteiger partial charge in [-0.2, -0.15) is 0 Å². The lowest BCUT2D eigenvalue weighted by Gasteiger charge is -2.33. The Morgan fingerprint density at radius 1 is 1.47 bits per heavy atom. The number of methoxy groups -OCH3 is 1. The van der Waals surface area contributed by atoms with Gasteiger partial charge in [-0.1, -0.05) is 0 Å². The van der Waals surface area contributed by atoms with Gasteiger partial charge < -0.3 is 15.0 Å². The zero-order valence-corrected chi connectivity index (χ0v) is 10.5. The Morgan fingerprint density at radius 2 is 2.16 bits per heavy atom. The number of nitrogens with zero attached hydrogens (tertiary/aromatic N) is 2. The molecule has 7 heteroatoms. The first kappa shape index (κ1) is 13.3. The van der Waals surface area contributed by atoms with Crippen molar-refractivity contribution in [2.45, 2.75) is 6.04 Å². The van der Waals surface area contributed by atoms with Crippen molar-refractivity contribution < 1.29 is 14.5 Å². The van der Waals surface area contributed by atoms with Crippen molar-refractivity contribution in [3.8, 4) is 0 Å². The molecule has 0 aromatic heterocycles. The van der Waals surface area contributed by atoms with Crippen molar-refractivity contribution in [1.29, 1.82) is 0 Å². The molecule has 1 N–H and O–H groups in total. The molecule has 1 saturated heterocycles. The summed E-state index contributed by atoms with van der Waals surface area (Å²) in [6, 6.07) is 5.94. The number of nitro groups is 1. The SMILES string of the molecule is COC(=O)C1CN(c2ccc([N+](=O)[O-])cc2)CCN1. The summed E-state index contributed by atoms with van der Waals surface area (Å²) in [4.78, 5) is 23.6. The smallest absolute Gasteiger partial charge is 0.324 e. The molecule has 0 aliphatic carbocycles. The summed E-state index contributed by atoms with van der Waals surface area (Å²) >= 11 is 0. The molecule has 0 saturated carbocycles. The van der Waals surface area contributed by atoms with Gasteiger partial charge in [0.1, 0.15) is 6.04 Å². The van der Waals surface area contributed by atoms with Gasteiger partial charge in [0.05, 0.1) is 12.0 Å². The lowest BCUT2D eigenvalue weighted by Crippen LogP contribution is -2.54. The summed E-state index contributed by atoms with van der Waals surface area (Å²) in [5.41, 5.74) is 0.921. The molecule has 2 rings (SSSR count). The highest BCUT2D eigenvalue weighted by Gasteiger charge is 2.26. The molecule has 1 unspecified atom stereocenters. The van der Waals surface area contributed by atoms with E-state index in [0.29, 0.717) is 13.1 Å². The number of rotatable bonds is 3. The summed E-state index contributed by atoms with van der Waals surface area (Å²) in [5.74, 6) is -0.299. The molecule has 1 heterocycles. The number of piperazine rings is 1. The molecule has 0 spiro atoms. The number of esters is 1. The minimum Gasteiger partial charge on any atom is -0.468 e. The van der Waals surface area contributed by atoms with Gasteiger partial charge in [0.2, 0.25) is 0 Å². The van der Waals surface area contributed by atoms with Crippen LogP contribution in [0.2, 0.25) is 0 Å². The molecule has 1 aliphatic rings. The maximum Gasteiger partial charge on any atom is 0.324 e. The monoisotopic (exact) mass is 265 g/mol. The van der Waals surface area contributed by atoms with Crippen LogP contribution in [-0.4, -0.2) is 43.7 Å². The van der Waals surface area contributed by atoms with Crippen LogP contribution in [0.1, 0.15) is 0 Å². The summed E-state index contributed by atoms with van der Waals surface area (Å²) in [7, 11) is 1.36. The van der Waals surface area contributed by atoms with E-state index in [-0.39, 0.29) is 17.7 Å². The number of anilines is 1. The highest BCUT2D eigenvalue weighted by molar-refractivity contribution is 5.77. The van der Waals surface area contributed by atoms with Crippen LogP contribution in [-0.2, 0) is 9.53 Å². The van der Waals surface area contributed by atoms with Gasteiger partial charge in [0.25, 0.3) is 5.69 Å². The average Bonchev–Trinajstić information content (AvgIpc) is 2.46. The molecule has 7 nitrogen and oxygen atoms in total. The largest absolute Gasteiger partial charge is 0.468 e. The van der Waals surface area contributed by atoms with Gasteiger partial charge in [-0.25, -0.2) is 0 Å². The van der Waals surface area contributed by atoms with Gasteiger partial charge in [-0.3, -0.25) is 14.9 Å². The zero-order valence-electron chi connectivity index (χ0n) is 10.5. The van der Waals surface area contributed by atoms with Gasteiger partial charge >= 0.3 is 5.97 Å². The zero-order chi connectivity index (χ0) is 13.8. The second-order valence-corrected chi connectivity index (χ2v) is 4.25. The Balaban J connectivity index is 2.08. The first-order chi connectivity index (χ1) is 9.11. The van der Waals surface area contributed by atoms with E-state index in [2.05, 4.69) is 5.32 Å². The van der Waals surface area contributed by atoms with Crippen LogP contribution in [0, 0.1) is 10.1 Å². The molecule has 0 amide bonds. The van der Waals surface area contributed by atoms with Crippen LogP contribution in [0.15, 0.2) is 24.3 Å². The molecule has 1 fully saturated rings. The fourth-order valence-electron chi connectivity index (χ4n) is 2.07. The first-order valence-corrected chi connectivity index (χ1v) is 5.92. The van der Waals surface area contributed by atoms with Gasteiger partial charge in [0, 0.05) is 37.5 Å². The summed E-state index contributed by atoms with van der Waals surface area (Å²) in [5, 5.41) is 13.7. The van der Waals surface area contributed by atoms with Crippen molar-refractivity contribution in [3.63, 3.8) is 0 Å². The van der Waals surface area contributed by atoms with E-state index in [4.69, 9.17) is 4.74 Å². The molecule has 0 bridgehead atoms. The molecule has 1 aromatic rings. The number of carbonyl (C=O) groups is 1. The standard InChI is InChI=1S/C12H15N3O4/c1-19-12(16)11-8-14(7-6-13-11)9-2-4-10(5-3-9)15(17)18/h2-5,11,13H,6-8H2,1H3. The van der Waals surface area contributed by atoms with Crippen LogP contribution in [0.3, 0.4) is 0 Å². The number of benzene rings is 1. The van der Waals surface area contributed by atoms with Crippen LogP contribution in [0.5, 0.6) is 0 Å². The van der Waals surface area contributed by atoms with Gasteiger partial charge in [0.15, 0.2) is 0 Å². The summed E-state index contributed by atoms with van der Waals surface area (Å²) < 4.78 is 4.71. The van der Waals surface area contributed by atoms with Gasteiger partial charge in [-0.15, -0.1) is 0 Å². The fraction of sp³-hybridized carbons (Fsp3) is 0.417. The Labute approximate surface area is 110 Å². The second-order valence-electron chi connectivity index (χ2n) is 4.25. The van der Waals surface area contributed by atoms with Crippen molar-refractivity contribution in [3.05, 3.63) is 34.4 Å². The topological polar surface area (TPSA) is 84.7 Å². The molecule has 1 aromatic carbocycles. The highest BCUT2D eigenvalue weighted by atomic mass is 16.6. The first-order valence-electron chi connectivity index (χ1n) is 5.92. The predicted molar refractivity (Wildman–Crippen MR) is 69.1 cm³/mol. The molecule has 0 radical (unpaired) electrons. The van der Waals surface area contributed by atoms with E-state index >= 15 is 0 Å². The van der Waals surface area contributed by atoms with E-state index in [1.807, 2.05) is 4.90 Å². The molecular formula is C12H15N3O4. The Kier molecular flexibility index (Phi) is 3.96. The lowest BCUT2D eigenvalue weighted by atomic mass is 10.2. The lowest BCUT2D eigenvalue weighted by molar-refractivity contribution is -0.384. The van der Waals surface area contributed by atoms with Crippen molar-refractivity contribution in [2.24, 2.45) is 0 Å². The quantitative estimate of drug-likeness (QED) is 0.488. The van der Waals surface area contributed by atoms with Crippen LogP contribution in [0.4, 0.5) is 11.4 Å². The number of nitrogens with one attached hydrogen (secondary N) is 1. The number of hydrogen-bond acceptors (Lipinski definition) is 6. The molecule has 19 heavy (non-hydrogen) atoms. The maximum atomic E-state index is 11.5. The van der Waals surface area contributed by atoms with E-state index in [9.17, 15) is 14.9 Å². The number of hydrogen-bond donors (Lipinski definition) is 1. The number of nitro benzene ring substituents is 1. The van der Waals surface area contributed by atoms with Crippen molar-refractivity contribution in [2.75, 3.05) is 31.6 Å². The number of carbonyl (C=O) groups excluding carboxylic acids is 1. The minimum absolute atomic E-state index is 0.0587. The predicted octanol–water partition coefficient (Wildman–Crippen LogP) is 0.546. The van der Waals surface area contributed by atoms with Crippen molar-refractivity contribution in [1.82, 2.24) is 5.32 Å². The highest BCUT2D eigenvalue weighted by Crippen LogP contribution is 2.20. The van der Waals surface area contributed by atoms with Crippen molar-refractivity contribution >= 4 is 17.3 Å². The second kappa shape index (κ2) is 5.66. The molecule has 102 valence electrons. The minimum atomic E-state index is -0.432. The van der Waals surface area contributed by atoms with Gasteiger partial charge in [-0.05, 0) is 12.1 Å². The van der Waals surface area contributed by atoms with E-state index < -0.39 is 4.92 Å². The third-order valence-corrected chi connectivity index (χ3v) is 3.09. The Morgan fingerprint density at radius 3 is 2.74 bits per heavy atom. The van der Waals surface area contributed by atoms with Crippen LogP contribution >= 0.6 is 0 Å². The van der Waals surface area contributed by atoms with Crippen LogP contribution in [0.25, 0.3) is 0 Å². The van der Waals surface area contributed by atoms with Crippen LogP contribution < -0.4 is 10.2 Å². The van der Waals surface area contributed by atoms with E-state index in [1.54, 1.807) is 12.1 Å². The normalized spacial score (nSPS) is 19.0. The third kappa shape index (κ3) is 3.00. The Bertz CT molecular complexity index is 474. The maximum absolute atomic E-state index is 11.5. The molecule has 1 aliphatic heterocycles. The van der Waals surface area contributed by atoms with E-state index in [0.717, 1.165) is 12.2 Å². The summed E-state index contributed by atoms with van der Waals surface area (Å²) in [6.45, 7) is 1.90. The third-order valence-electron chi connectivity index (χ3n) is 3.09. The molecule has 1 atom stereocenters. The Hall–Kier alpha value is -2.15. The average molecular weight is 265 g/mol. The molecular weight excluding hydrogens is 250 g/mol. The summed E-state index contributed by atoms with van der Waals surface area (Å²) in [6.07, 6.45) is 0. The number of ether oxygens (including phenoxy) is 1.